The van der Waals surface area contributed by atoms with Crippen LogP contribution in [0, 0.1) is 0 Å². The minimum Gasteiger partial charge on any atom is -0.459 e. The van der Waals surface area contributed by atoms with E-state index in [4.69, 9.17) is 16.0 Å². The number of nitrogens with one attached hydrogen (secondary N) is 2. The molecule has 2 amide bonds. The molecule has 0 aliphatic heterocycles. The molecule has 1 aromatic carbocycles. The Hall–Kier alpha value is -2.31. The van der Waals surface area contributed by atoms with Gasteiger partial charge in [0, 0.05) is 23.2 Å². The van der Waals surface area contributed by atoms with Crippen LogP contribution in [-0.2, 0) is 16.1 Å². The number of carbonyl (C=O) groups excluding carboxylic acids is 2. The van der Waals surface area contributed by atoms with Crippen molar-refractivity contribution in [2.24, 2.45) is 0 Å². The molecule has 7 heteroatoms. The van der Waals surface area contributed by atoms with Crippen LogP contribution >= 0.6 is 11.6 Å². The first-order valence-corrected chi connectivity index (χ1v) is 9.62. The number of nitrogens with zero attached hydrogens (tertiary/aromatic N) is 1. The van der Waals surface area contributed by atoms with Gasteiger partial charge in [-0.25, -0.2) is 0 Å². The SMILES string of the molecule is CN(Cc1ccc(-c2ccc(Cl)cc2)o1)C(=O)C[NH+](C)CC(=O)NC(C)(C)C. The van der Waals surface area contributed by atoms with E-state index in [1.807, 2.05) is 64.2 Å². The Balaban J connectivity index is 1.87. The van der Waals surface area contributed by atoms with Gasteiger partial charge in [-0.15, -0.1) is 0 Å². The standard InChI is InChI=1S/C21H28ClN3O3/c1-21(2,3)23-19(26)13-24(4)14-20(27)25(5)12-17-10-11-18(28-17)15-6-8-16(22)9-7-15/h6-11H,12-14H2,1-5H3,(H,23,26)/p+1. The van der Waals surface area contributed by atoms with E-state index in [0.29, 0.717) is 17.3 Å². The Morgan fingerprint density at radius 3 is 2.36 bits per heavy atom. The number of likely N-dealkylation sites (N-methyl/N-ethyl adjacent to an activating group) is 2. The van der Waals surface area contributed by atoms with Gasteiger partial charge in [0.15, 0.2) is 13.1 Å². The van der Waals surface area contributed by atoms with Gasteiger partial charge in [-0.1, -0.05) is 11.6 Å². The lowest BCUT2D eigenvalue weighted by molar-refractivity contribution is -0.863. The van der Waals surface area contributed by atoms with Gasteiger partial charge in [0.2, 0.25) is 0 Å². The first-order chi connectivity index (χ1) is 13.0. The zero-order valence-corrected chi connectivity index (χ0v) is 17.9. The minimum atomic E-state index is -0.279. The number of rotatable bonds is 7. The van der Waals surface area contributed by atoms with Crippen molar-refractivity contribution in [2.75, 3.05) is 27.2 Å². The van der Waals surface area contributed by atoms with Crippen LogP contribution in [-0.4, -0.2) is 49.4 Å². The second-order valence-corrected chi connectivity index (χ2v) is 8.57. The number of halogens is 1. The number of quaternary nitrogens is 1. The molecule has 1 unspecified atom stereocenters. The van der Waals surface area contributed by atoms with E-state index in [9.17, 15) is 9.59 Å². The highest BCUT2D eigenvalue weighted by Crippen LogP contribution is 2.24. The Morgan fingerprint density at radius 2 is 1.75 bits per heavy atom. The van der Waals surface area contributed by atoms with Crippen molar-refractivity contribution < 1.29 is 18.9 Å². The van der Waals surface area contributed by atoms with E-state index in [2.05, 4.69) is 5.32 Å². The number of hydrogen-bond acceptors (Lipinski definition) is 3. The van der Waals surface area contributed by atoms with E-state index in [0.717, 1.165) is 16.2 Å². The van der Waals surface area contributed by atoms with Crippen LogP contribution in [0.25, 0.3) is 11.3 Å². The van der Waals surface area contributed by atoms with E-state index in [1.54, 1.807) is 11.9 Å². The van der Waals surface area contributed by atoms with Crippen LogP contribution in [0.2, 0.25) is 5.02 Å². The van der Waals surface area contributed by atoms with Crippen LogP contribution in [0.1, 0.15) is 26.5 Å². The van der Waals surface area contributed by atoms with Gasteiger partial charge < -0.3 is 19.5 Å². The largest absolute Gasteiger partial charge is 0.459 e. The summed E-state index contributed by atoms with van der Waals surface area (Å²) in [6.07, 6.45) is 0. The molecule has 1 aromatic heterocycles. The third kappa shape index (κ3) is 7.02. The van der Waals surface area contributed by atoms with Gasteiger partial charge >= 0.3 is 0 Å². The quantitative estimate of drug-likeness (QED) is 0.739. The maximum atomic E-state index is 12.5. The highest BCUT2D eigenvalue weighted by molar-refractivity contribution is 6.30. The molecule has 152 valence electrons. The topological polar surface area (TPSA) is 67.0 Å². The number of furan rings is 1. The van der Waals surface area contributed by atoms with Crippen molar-refractivity contribution >= 4 is 23.4 Å². The highest BCUT2D eigenvalue weighted by atomic mass is 35.5. The summed E-state index contributed by atoms with van der Waals surface area (Å²) in [5.74, 6) is 1.31. The Bertz CT molecular complexity index is 809. The fourth-order valence-corrected chi connectivity index (χ4v) is 2.87. The molecule has 0 fully saturated rings. The average molecular weight is 407 g/mol. The van der Waals surface area contributed by atoms with E-state index < -0.39 is 0 Å². The molecule has 2 N–H and O–H groups in total. The number of carbonyl (C=O) groups is 2. The molecular weight excluding hydrogens is 378 g/mol. The number of benzene rings is 1. The molecule has 1 atom stereocenters. The lowest BCUT2D eigenvalue weighted by Gasteiger charge is -2.23. The summed E-state index contributed by atoms with van der Waals surface area (Å²) in [5.41, 5.74) is 0.651. The molecule has 2 rings (SSSR count). The third-order valence-corrected chi connectivity index (χ3v) is 4.29. The summed E-state index contributed by atoms with van der Waals surface area (Å²) < 4.78 is 5.85. The van der Waals surface area contributed by atoms with Crippen LogP contribution in [0.4, 0.5) is 0 Å². The van der Waals surface area contributed by atoms with Gasteiger partial charge in [-0.05, 0) is 57.2 Å². The second kappa shape index (κ2) is 9.26. The second-order valence-electron chi connectivity index (χ2n) is 8.13. The zero-order chi connectivity index (χ0) is 20.9. The summed E-state index contributed by atoms with van der Waals surface area (Å²) in [6, 6.07) is 11.1. The number of amides is 2. The molecule has 0 bridgehead atoms. The molecule has 0 spiro atoms. The summed E-state index contributed by atoms with van der Waals surface area (Å²) in [4.78, 5) is 26.9. The molecular formula is C21H29ClN3O3+. The fraction of sp³-hybridized carbons (Fsp3) is 0.429. The summed E-state index contributed by atoms with van der Waals surface area (Å²) in [5, 5.41) is 3.58. The Labute approximate surface area is 171 Å². The predicted octanol–water partition coefficient (Wildman–Crippen LogP) is 1.99. The van der Waals surface area contributed by atoms with Gasteiger partial charge in [0.25, 0.3) is 11.8 Å². The van der Waals surface area contributed by atoms with Crippen molar-refractivity contribution in [1.82, 2.24) is 10.2 Å². The first-order valence-electron chi connectivity index (χ1n) is 9.24. The lowest BCUT2D eigenvalue weighted by atomic mass is 10.1. The molecule has 0 aliphatic carbocycles. The molecule has 0 radical (unpaired) electrons. The average Bonchev–Trinajstić information content (AvgIpc) is 3.01. The van der Waals surface area contributed by atoms with Gasteiger partial charge in [-0.2, -0.15) is 0 Å². The van der Waals surface area contributed by atoms with Crippen molar-refractivity contribution in [3.8, 4) is 11.3 Å². The van der Waals surface area contributed by atoms with Crippen molar-refractivity contribution in [2.45, 2.75) is 32.9 Å². The maximum absolute atomic E-state index is 12.5. The van der Waals surface area contributed by atoms with E-state index >= 15 is 0 Å². The maximum Gasteiger partial charge on any atom is 0.277 e. The first kappa shape index (κ1) is 22.0. The molecule has 1 heterocycles. The van der Waals surface area contributed by atoms with Crippen LogP contribution in [0.5, 0.6) is 0 Å². The van der Waals surface area contributed by atoms with Crippen molar-refractivity contribution in [3.05, 3.63) is 47.2 Å². The molecule has 0 aliphatic rings. The van der Waals surface area contributed by atoms with Crippen LogP contribution in [0.15, 0.2) is 40.8 Å². The minimum absolute atomic E-state index is 0.0505. The Morgan fingerprint density at radius 1 is 1.11 bits per heavy atom. The molecule has 28 heavy (non-hydrogen) atoms. The fourth-order valence-electron chi connectivity index (χ4n) is 2.75. The zero-order valence-electron chi connectivity index (χ0n) is 17.1. The van der Waals surface area contributed by atoms with Crippen LogP contribution < -0.4 is 10.2 Å². The van der Waals surface area contributed by atoms with Gasteiger partial charge in [0.05, 0.1) is 13.6 Å². The summed E-state index contributed by atoms with van der Waals surface area (Å²) in [6.45, 7) is 6.65. The summed E-state index contributed by atoms with van der Waals surface area (Å²) >= 11 is 5.91. The molecule has 2 aromatic rings. The molecule has 0 saturated carbocycles. The Kier molecular flexibility index (Phi) is 7.27. The van der Waals surface area contributed by atoms with E-state index in [-0.39, 0.29) is 30.4 Å². The van der Waals surface area contributed by atoms with Crippen molar-refractivity contribution in [1.29, 1.82) is 0 Å². The van der Waals surface area contributed by atoms with Gasteiger partial charge in [-0.3, -0.25) is 9.59 Å². The predicted molar refractivity (Wildman–Crippen MR) is 110 cm³/mol. The smallest absolute Gasteiger partial charge is 0.277 e. The molecule has 6 nitrogen and oxygen atoms in total. The highest BCUT2D eigenvalue weighted by Gasteiger charge is 2.21. The van der Waals surface area contributed by atoms with E-state index in [1.165, 1.54) is 0 Å². The lowest BCUT2D eigenvalue weighted by Crippen LogP contribution is -3.11. The normalized spacial score (nSPS) is 12.5. The van der Waals surface area contributed by atoms with Crippen LogP contribution in [0.3, 0.4) is 0 Å². The number of hydrogen-bond donors (Lipinski definition) is 2. The van der Waals surface area contributed by atoms with Gasteiger partial charge in [0.1, 0.15) is 11.5 Å². The van der Waals surface area contributed by atoms with Crippen molar-refractivity contribution in [3.63, 3.8) is 0 Å². The summed E-state index contributed by atoms with van der Waals surface area (Å²) in [7, 11) is 3.56. The molecule has 0 saturated heterocycles. The monoisotopic (exact) mass is 406 g/mol. The third-order valence-electron chi connectivity index (χ3n) is 4.04.